The number of carbonyl (C=O) groups is 1. The minimum absolute atomic E-state index is 0.0385. The molecule has 1 saturated carbocycles. The van der Waals surface area contributed by atoms with Crippen molar-refractivity contribution in [1.82, 2.24) is 15.4 Å². The lowest BCUT2D eigenvalue weighted by molar-refractivity contribution is -0.00522. The quantitative estimate of drug-likeness (QED) is 0.373. The van der Waals surface area contributed by atoms with Crippen molar-refractivity contribution in [1.29, 1.82) is 0 Å². The number of ether oxygens (including phenoxy) is 1. The number of benzene rings is 2. The van der Waals surface area contributed by atoms with Gasteiger partial charge in [0.05, 0.1) is 17.9 Å². The fourth-order valence-electron chi connectivity index (χ4n) is 7.10. The molecule has 1 aliphatic carbocycles. The molecule has 1 N–H and O–H groups in total. The lowest BCUT2D eigenvalue weighted by atomic mass is 9.83. The molecule has 2 aromatic carbocycles. The summed E-state index contributed by atoms with van der Waals surface area (Å²) in [6.07, 6.45) is 8.23. The topological polar surface area (TPSA) is 70.8 Å². The standard InChI is InChI=1S/C33H43FN4O3/c1-22-20-38(21-23(2)40-22)29-10-5-26(6-11-29)33(39)35-28-8-3-24(4-9-28)13-16-37-17-14-25(15-18-37)32-30-12-7-27(34)19-31(30)41-36-32/h5-7,10-12,19,22-25,28H,3-4,8-9,13-18,20-21H2,1-2H3,(H,35,39). The molecule has 3 heterocycles. The van der Waals surface area contributed by atoms with Crippen molar-refractivity contribution in [3.8, 4) is 0 Å². The maximum Gasteiger partial charge on any atom is 0.251 e. The van der Waals surface area contributed by atoms with Gasteiger partial charge in [0.2, 0.25) is 0 Å². The Hall–Kier alpha value is -2.97. The van der Waals surface area contributed by atoms with E-state index in [4.69, 9.17) is 9.26 Å². The summed E-state index contributed by atoms with van der Waals surface area (Å²) in [4.78, 5) is 17.9. The van der Waals surface area contributed by atoms with Gasteiger partial charge >= 0.3 is 0 Å². The second-order valence-corrected chi connectivity index (χ2v) is 12.5. The number of likely N-dealkylation sites (tertiary alicyclic amines) is 1. The number of hydrogen-bond donors (Lipinski definition) is 1. The van der Waals surface area contributed by atoms with Gasteiger partial charge in [-0.05, 0) is 121 Å². The Morgan fingerprint density at radius 1 is 0.976 bits per heavy atom. The van der Waals surface area contributed by atoms with Gasteiger partial charge in [-0.3, -0.25) is 4.79 Å². The molecule has 2 aliphatic heterocycles. The maximum absolute atomic E-state index is 13.5. The van der Waals surface area contributed by atoms with E-state index in [-0.39, 0.29) is 30.0 Å². The number of piperidine rings is 1. The number of nitrogens with one attached hydrogen (secondary N) is 1. The van der Waals surface area contributed by atoms with Gasteiger partial charge < -0.3 is 24.4 Å². The van der Waals surface area contributed by atoms with E-state index in [1.165, 1.54) is 31.4 Å². The summed E-state index contributed by atoms with van der Waals surface area (Å²) in [5.74, 6) is 0.856. The summed E-state index contributed by atoms with van der Waals surface area (Å²) in [5.41, 5.74) is 3.41. The number of nitrogens with zero attached hydrogens (tertiary/aromatic N) is 3. The molecule has 2 saturated heterocycles. The summed E-state index contributed by atoms with van der Waals surface area (Å²) in [5, 5.41) is 8.52. The first-order valence-electron chi connectivity index (χ1n) is 15.5. The first kappa shape index (κ1) is 28.2. The van der Waals surface area contributed by atoms with E-state index in [1.807, 2.05) is 12.1 Å². The molecule has 41 heavy (non-hydrogen) atoms. The van der Waals surface area contributed by atoms with Crippen LogP contribution in [0.2, 0.25) is 0 Å². The summed E-state index contributed by atoms with van der Waals surface area (Å²) < 4.78 is 24.7. The van der Waals surface area contributed by atoms with E-state index in [0.717, 1.165) is 86.7 Å². The molecule has 220 valence electrons. The Kier molecular flexibility index (Phi) is 8.58. The van der Waals surface area contributed by atoms with Gasteiger partial charge in [0, 0.05) is 47.8 Å². The van der Waals surface area contributed by atoms with Crippen molar-refractivity contribution in [3.05, 3.63) is 59.5 Å². The average Bonchev–Trinajstić information content (AvgIpc) is 3.39. The normalized spacial score (nSPS) is 26.4. The van der Waals surface area contributed by atoms with E-state index >= 15 is 0 Å². The van der Waals surface area contributed by atoms with Crippen LogP contribution in [-0.2, 0) is 4.74 Å². The van der Waals surface area contributed by atoms with Crippen molar-refractivity contribution >= 4 is 22.6 Å². The Labute approximate surface area is 242 Å². The number of hydrogen-bond acceptors (Lipinski definition) is 6. The summed E-state index contributed by atoms with van der Waals surface area (Å²) in [6.45, 7) is 9.22. The predicted molar refractivity (Wildman–Crippen MR) is 159 cm³/mol. The van der Waals surface area contributed by atoms with Crippen molar-refractivity contribution in [3.63, 3.8) is 0 Å². The van der Waals surface area contributed by atoms with Crippen molar-refractivity contribution in [2.45, 2.75) is 83.0 Å². The number of anilines is 1. The van der Waals surface area contributed by atoms with Crippen molar-refractivity contribution < 1.29 is 18.4 Å². The van der Waals surface area contributed by atoms with Crippen LogP contribution in [0.5, 0.6) is 0 Å². The number of halogens is 1. The Bertz CT molecular complexity index is 1300. The van der Waals surface area contributed by atoms with Gasteiger partial charge in [-0.1, -0.05) is 5.16 Å². The summed E-state index contributed by atoms with van der Waals surface area (Å²) in [6, 6.07) is 13.0. The first-order valence-corrected chi connectivity index (χ1v) is 15.5. The van der Waals surface area contributed by atoms with E-state index in [2.05, 4.69) is 46.3 Å². The molecular formula is C33H43FN4O3. The molecule has 0 spiro atoms. The third-order valence-electron chi connectivity index (χ3n) is 9.39. The maximum atomic E-state index is 13.5. The molecule has 3 aliphatic rings. The zero-order chi connectivity index (χ0) is 28.3. The molecular weight excluding hydrogens is 519 g/mol. The highest BCUT2D eigenvalue weighted by atomic mass is 19.1. The van der Waals surface area contributed by atoms with Gasteiger partial charge in [0.15, 0.2) is 5.58 Å². The number of aromatic nitrogens is 1. The Morgan fingerprint density at radius 2 is 1.68 bits per heavy atom. The molecule has 1 aromatic heterocycles. The van der Waals surface area contributed by atoms with Gasteiger partial charge in [-0.25, -0.2) is 4.39 Å². The molecule has 8 heteroatoms. The molecule has 3 aromatic rings. The highest BCUT2D eigenvalue weighted by molar-refractivity contribution is 5.94. The van der Waals surface area contributed by atoms with Gasteiger partial charge in [0.25, 0.3) is 5.91 Å². The third kappa shape index (κ3) is 6.75. The highest BCUT2D eigenvalue weighted by Crippen LogP contribution is 2.34. The molecule has 3 fully saturated rings. The second kappa shape index (κ2) is 12.5. The van der Waals surface area contributed by atoms with Gasteiger partial charge in [0.1, 0.15) is 5.82 Å². The van der Waals surface area contributed by atoms with E-state index in [0.29, 0.717) is 11.5 Å². The molecule has 0 radical (unpaired) electrons. The lowest BCUT2D eigenvalue weighted by Crippen LogP contribution is -2.45. The number of carbonyl (C=O) groups excluding carboxylic acids is 1. The summed E-state index contributed by atoms with van der Waals surface area (Å²) in [7, 11) is 0. The molecule has 6 rings (SSSR count). The van der Waals surface area contributed by atoms with Crippen LogP contribution < -0.4 is 10.2 Å². The van der Waals surface area contributed by atoms with Gasteiger partial charge in [-0.15, -0.1) is 0 Å². The smallest absolute Gasteiger partial charge is 0.251 e. The summed E-state index contributed by atoms with van der Waals surface area (Å²) >= 11 is 0. The van der Waals surface area contributed by atoms with E-state index < -0.39 is 0 Å². The molecule has 1 amide bonds. The fraction of sp³-hybridized carbons (Fsp3) is 0.576. The zero-order valence-corrected chi connectivity index (χ0v) is 24.4. The van der Waals surface area contributed by atoms with Crippen LogP contribution in [0.15, 0.2) is 47.0 Å². The van der Waals surface area contributed by atoms with Crippen LogP contribution in [0.3, 0.4) is 0 Å². The van der Waals surface area contributed by atoms with Crippen LogP contribution in [0, 0.1) is 11.7 Å². The van der Waals surface area contributed by atoms with Crippen LogP contribution in [-0.4, -0.2) is 66.9 Å². The van der Waals surface area contributed by atoms with Crippen LogP contribution in [0.1, 0.15) is 80.8 Å². The monoisotopic (exact) mass is 562 g/mol. The average molecular weight is 563 g/mol. The largest absolute Gasteiger partial charge is 0.372 e. The number of fused-ring (bicyclic) bond motifs is 1. The van der Waals surface area contributed by atoms with Crippen LogP contribution in [0.4, 0.5) is 10.1 Å². The van der Waals surface area contributed by atoms with Crippen molar-refractivity contribution in [2.75, 3.05) is 37.6 Å². The Balaban J connectivity index is 0.905. The second-order valence-electron chi connectivity index (χ2n) is 12.5. The van der Waals surface area contributed by atoms with Gasteiger partial charge in [-0.2, -0.15) is 0 Å². The minimum Gasteiger partial charge on any atom is -0.372 e. The predicted octanol–water partition coefficient (Wildman–Crippen LogP) is 6.14. The molecule has 2 unspecified atom stereocenters. The van der Waals surface area contributed by atoms with Crippen molar-refractivity contribution in [2.24, 2.45) is 5.92 Å². The SMILES string of the molecule is CC1CN(c2ccc(C(=O)NC3CCC(CCN4CCC(c5noc6cc(F)ccc56)CC4)CC3)cc2)CC(C)O1. The number of morpholine rings is 1. The number of rotatable bonds is 7. The molecule has 7 nitrogen and oxygen atoms in total. The number of amides is 1. The van der Waals surface area contributed by atoms with Crippen LogP contribution >= 0.6 is 0 Å². The highest BCUT2D eigenvalue weighted by Gasteiger charge is 2.27. The zero-order valence-electron chi connectivity index (χ0n) is 24.4. The van der Waals surface area contributed by atoms with E-state index in [9.17, 15) is 9.18 Å². The minimum atomic E-state index is -0.287. The third-order valence-corrected chi connectivity index (χ3v) is 9.39. The molecule has 2 atom stereocenters. The first-order chi connectivity index (χ1) is 19.9. The molecule has 0 bridgehead atoms. The van der Waals surface area contributed by atoms with Crippen LogP contribution in [0.25, 0.3) is 11.0 Å². The lowest BCUT2D eigenvalue weighted by Gasteiger charge is -2.37. The van der Waals surface area contributed by atoms with E-state index in [1.54, 1.807) is 6.07 Å². The Morgan fingerprint density at radius 3 is 2.39 bits per heavy atom. The fourth-order valence-corrected chi connectivity index (χ4v) is 7.10.